The first kappa shape index (κ1) is 18.6. The molecule has 0 N–H and O–H groups in total. The Morgan fingerprint density at radius 3 is 2.38 bits per heavy atom. The summed E-state index contributed by atoms with van der Waals surface area (Å²) in [5.74, 6) is -0.140. The van der Waals surface area contributed by atoms with E-state index in [4.69, 9.17) is 11.6 Å². The number of fused-ring (bicyclic) bond motifs is 3. The molecule has 0 saturated heterocycles. The zero-order chi connectivity index (χ0) is 21.8. The van der Waals surface area contributed by atoms with Crippen molar-refractivity contribution in [1.82, 2.24) is 34.2 Å². The molecule has 0 spiro atoms. The summed E-state index contributed by atoms with van der Waals surface area (Å²) in [5, 5.41) is 5.45. The molecule has 2 amide bonds. The highest BCUT2D eigenvalue weighted by molar-refractivity contribution is 6.28. The summed E-state index contributed by atoms with van der Waals surface area (Å²) in [5.41, 5.74) is 2.73. The average molecular weight is 444 g/mol. The number of imide groups is 1. The Kier molecular flexibility index (Phi) is 4.05. The molecule has 10 heteroatoms. The Morgan fingerprint density at radius 2 is 1.59 bits per heavy atom. The summed E-state index contributed by atoms with van der Waals surface area (Å²) in [6, 6.07) is 14.6. The van der Waals surface area contributed by atoms with Crippen LogP contribution < -0.4 is 0 Å². The minimum Gasteiger partial charge on any atom is -0.313 e. The first-order valence-electron chi connectivity index (χ1n) is 9.88. The second-order valence-corrected chi connectivity index (χ2v) is 7.69. The van der Waals surface area contributed by atoms with E-state index in [9.17, 15) is 9.59 Å². The third-order valence-corrected chi connectivity index (χ3v) is 5.71. The molecule has 0 fully saturated rings. The Labute approximate surface area is 185 Å². The molecule has 3 aromatic heterocycles. The van der Waals surface area contributed by atoms with Crippen LogP contribution in [0.15, 0.2) is 61.1 Å². The number of imidazole rings is 1. The molecule has 0 aliphatic carbocycles. The lowest BCUT2D eigenvalue weighted by atomic mass is 10.1. The molecule has 2 aromatic carbocycles. The molecule has 1 aliphatic heterocycles. The summed E-state index contributed by atoms with van der Waals surface area (Å²) in [7, 11) is 0. The average Bonchev–Trinajstić information content (AvgIpc) is 3.48. The molecule has 6 rings (SSSR count). The predicted molar refractivity (Wildman–Crippen MR) is 117 cm³/mol. The number of para-hydroxylation sites is 1. The minimum absolute atomic E-state index is 0.0505. The lowest BCUT2D eigenvalue weighted by molar-refractivity contribution is 0.0649. The highest BCUT2D eigenvalue weighted by Crippen LogP contribution is 2.25. The van der Waals surface area contributed by atoms with Gasteiger partial charge in [-0.25, -0.2) is 9.67 Å². The SMILES string of the molecule is O=C1c2ccccc2C(=O)N1CCn1cnc2c(-n3ncc4ccccc43)nc(Cl)nc21. The number of aromatic nitrogens is 6. The third kappa shape index (κ3) is 2.71. The van der Waals surface area contributed by atoms with Crippen LogP contribution in [0.4, 0.5) is 0 Å². The van der Waals surface area contributed by atoms with Crippen LogP contribution in [0, 0.1) is 0 Å². The zero-order valence-electron chi connectivity index (χ0n) is 16.5. The van der Waals surface area contributed by atoms with Crippen molar-refractivity contribution < 1.29 is 9.59 Å². The van der Waals surface area contributed by atoms with Crippen molar-refractivity contribution in [1.29, 1.82) is 0 Å². The van der Waals surface area contributed by atoms with Crippen molar-refractivity contribution in [3.8, 4) is 5.82 Å². The van der Waals surface area contributed by atoms with Gasteiger partial charge >= 0.3 is 0 Å². The number of rotatable bonds is 4. The zero-order valence-corrected chi connectivity index (χ0v) is 17.3. The lowest BCUT2D eigenvalue weighted by Gasteiger charge is -2.14. The number of carbonyl (C=O) groups excluding carboxylic acids is 2. The molecular formula is C22H14ClN7O2. The lowest BCUT2D eigenvalue weighted by Crippen LogP contribution is -2.32. The van der Waals surface area contributed by atoms with Gasteiger partial charge in [-0.3, -0.25) is 14.5 Å². The summed E-state index contributed by atoms with van der Waals surface area (Å²) in [6.45, 7) is 0.494. The van der Waals surface area contributed by atoms with E-state index in [1.54, 1.807) is 46.0 Å². The van der Waals surface area contributed by atoms with Gasteiger partial charge in [-0.1, -0.05) is 30.3 Å². The molecule has 0 radical (unpaired) electrons. The van der Waals surface area contributed by atoms with E-state index in [0.29, 0.717) is 34.7 Å². The van der Waals surface area contributed by atoms with Crippen LogP contribution in [-0.4, -0.2) is 52.6 Å². The van der Waals surface area contributed by atoms with E-state index in [1.807, 2.05) is 24.3 Å². The highest BCUT2D eigenvalue weighted by Gasteiger charge is 2.34. The number of hydrogen-bond donors (Lipinski definition) is 0. The largest absolute Gasteiger partial charge is 0.313 e. The van der Waals surface area contributed by atoms with E-state index in [-0.39, 0.29) is 23.6 Å². The molecule has 1 aliphatic rings. The number of hydrogen-bond acceptors (Lipinski definition) is 6. The van der Waals surface area contributed by atoms with Gasteiger partial charge in [0.2, 0.25) is 5.28 Å². The predicted octanol–water partition coefficient (Wildman–Crippen LogP) is 3.11. The van der Waals surface area contributed by atoms with Crippen LogP contribution in [0.3, 0.4) is 0 Å². The Morgan fingerprint density at radius 1 is 0.875 bits per heavy atom. The monoisotopic (exact) mass is 443 g/mol. The van der Waals surface area contributed by atoms with Crippen LogP contribution in [0.1, 0.15) is 20.7 Å². The van der Waals surface area contributed by atoms with Crippen molar-refractivity contribution in [3.63, 3.8) is 0 Å². The van der Waals surface area contributed by atoms with E-state index in [0.717, 1.165) is 10.9 Å². The maximum atomic E-state index is 12.6. The molecule has 0 saturated carbocycles. The van der Waals surface area contributed by atoms with Crippen molar-refractivity contribution >= 4 is 45.5 Å². The Hall–Kier alpha value is -4.11. The molecule has 0 unspecified atom stereocenters. The van der Waals surface area contributed by atoms with Crippen LogP contribution >= 0.6 is 11.6 Å². The van der Waals surface area contributed by atoms with Gasteiger partial charge < -0.3 is 4.57 Å². The molecule has 5 aromatic rings. The van der Waals surface area contributed by atoms with Crippen LogP contribution in [-0.2, 0) is 6.54 Å². The van der Waals surface area contributed by atoms with E-state index in [2.05, 4.69) is 20.1 Å². The first-order valence-corrected chi connectivity index (χ1v) is 10.3. The molecule has 0 atom stereocenters. The summed E-state index contributed by atoms with van der Waals surface area (Å²) < 4.78 is 3.42. The molecule has 32 heavy (non-hydrogen) atoms. The van der Waals surface area contributed by atoms with E-state index >= 15 is 0 Å². The maximum absolute atomic E-state index is 12.6. The van der Waals surface area contributed by atoms with Gasteiger partial charge in [0.25, 0.3) is 11.8 Å². The Balaban J connectivity index is 1.36. The molecule has 0 bridgehead atoms. The fraction of sp³-hybridized carbons (Fsp3) is 0.0909. The van der Waals surface area contributed by atoms with Crippen molar-refractivity contribution in [2.75, 3.05) is 6.54 Å². The molecule has 4 heterocycles. The van der Waals surface area contributed by atoms with Crippen LogP contribution in [0.5, 0.6) is 0 Å². The maximum Gasteiger partial charge on any atom is 0.261 e. The van der Waals surface area contributed by atoms with Gasteiger partial charge in [0, 0.05) is 18.5 Å². The number of benzene rings is 2. The third-order valence-electron chi connectivity index (χ3n) is 5.54. The van der Waals surface area contributed by atoms with Crippen molar-refractivity contribution in [2.24, 2.45) is 0 Å². The standard InChI is InChI=1S/C22H14ClN7O2/c23-22-26-18-17(19(27-22)30-16-8-4-1-5-13(16)11-25-30)24-12-28(18)9-10-29-20(31)14-6-2-3-7-15(14)21(29)32/h1-8,11-12H,9-10H2. The molecular weight excluding hydrogens is 430 g/mol. The number of halogens is 1. The first-order chi connectivity index (χ1) is 15.6. The van der Waals surface area contributed by atoms with Gasteiger partial charge in [0.1, 0.15) is 0 Å². The van der Waals surface area contributed by atoms with Crippen LogP contribution in [0.2, 0.25) is 5.28 Å². The fourth-order valence-corrected chi connectivity index (χ4v) is 4.17. The van der Waals surface area contributed by atoms with Gasteiger partial charge in [0.15, 0.2) is 17.0 Å². The normalized spacial score (nSPS) is 13.5. The topological polar surface area (TPSA) is 98.8 Å². The van der Waals surface area contributed by atoms with Crippen LogP contribution in [0.25, 0.3) is 27.9 Å². The van der Waals surface area contributed by atoms with E-state index < -0.39 is 0 Å². The van der Waals surface area contributed by atoms with Gasteiger partial charge in [-0.15, -0.1) is 0 Å². The van der Waals surface area contributed by atoms with Crippen molar-refractivity contribution in [3.05, 3.63) is 77.5 Å². The van der Waals surface area contributed by atoms with Gasteiger partial charge in [-0.05, 0) is 29.8 Å². The fourth-order valence-electron chi connectivity index (χ4n) is 4.01. The number of nitrogens with zero attached hydrogens (tertiary/aromatic N) is 7. The highest BCUT2D eigenvalue weighted by atomic mass is 35.5. The summed E-state index contributed by atoms with van der Waals surface area (Å²) in [4.78, 5) is 39.7. The second kappa shape index (κ2) is 6.96. The minimum atomic E-state index is -0.300. The molecule has 9 nitrogen and oxygen atoms in total. The van der Waals surface area contributed by atoms with Gasteiger partial charge in [-0.2, -0.15) is 15.1 Å². The van der Waals surface area contributed by atoms with Gasteiger partial charge in [0.05, 0.1) is 29.2 Å². The second-order valence-electron chi connectivity index (χ2n) is 7.35. The number of amides is 2. The quantitative estimate of drug-likeness (QED) is 0.312. The smallest absolute Gasteiger partial charge is 0.261 e. The molecule has 156 valence electrons. The summed E-state index contributed by atoms with van der Waals surface area (Å²) >= 11 is 6.23. The summed E-state index contributed by atoms with van der Waals surface area (Å²) in [6.07, 6.45) is 3.35. The van der Waals surface area contributed by atoms with E-state index in [1.165, 1.54) is 4.90 Å². The Bertz CT molecular complexity index is 1520. The number of carbonyl (C=O) groups is 2. The van der Waals surface area contributed by atoms with Crippen molar-refractivity contribution in [2.45, 2.75) is 6.54 Å².